The minimum absolute atomic E-state index is 0.106. The van der Waals surface area contributed by atoms with Crippen molar-refractivity contribution in [3.05, 3.63) is 23.3 Å². The zero-order chi connectivity index (χ0) is 12.5. The average Bonchev–Trinajstić information content (AvgIpc) is 2.65. The van der Waals surface area contributed by atoms with E-state index in [2.05, 4.69) is 19.1 Å². The van der Waals surface area contributed by atoms with E-state index >= 15 is 0 Å². The van der Waals surface area contributed by atoms with Gasteiger partial charge in [0.1, 0.15) is 0 Å². The number of aryl methyl sites for hydroxylation is 1. The normalized spacial score (nSPS) is 27.0. The van der Waals surface area contributed by atoms with Gasteiger partial charge in [0, 0.05) is 6.42 Å². The van der Waals surface area contributed by atoms with E-state index in [-0.39, 0.29) is 5.38 Å². The molecule has 1 aromatic rings. The molecule has 0 saturated carbocycles. The van der Waals surface area contributed by atoms with Crippen LogP contribution in [0.15, 0.2) is 12.1 Å². The van der Waals surface area contributed by atoms with Gasteiger partial charge in [0.2, 0.25) is 0 Å². The van der Waals surface area contributed by atoms with Gasteiger partial charge >= 0.3 is 0 Å². The minimum Gasteiger partial charge on any atom is -0.490 e. The first-order chi connectivity index (χ1) is 8.74. The van der Waals surface area contributed by atoms with Crippen molar-refractivity contribution < 1.29 is 9.47 Å². The predicted molar refractivity (Wildman–Crippen MR) is 72.7 cm³/mol. The summed E-state index contributed by atoms with van der Waals surface area (Å²) in [5.74, 6) is 2.44. The van der Waals surface area contributed by atoms with E-state index in [4.69, 9.17) is 21.1 Å². The van der Waals surface area contributed by atoms with E-state index < -0.39 is 0 Å². The van der Waals surface area contributed by atoms with Crippen LogP contribution in [-0.4, -0.2) is 13.2 Å². The summed E-state index contributed by atoms with van der Waals surface area (Å²) in [7, 11) is 0. The summed E-state index contributed by atoms with van der Waals surface area (Å²) in [6.07, 6.45) is 4.29. The molecule has 0 bridgehead atoms. The Hall–Kier alpha value is -0.890. The van der Waals surface area contributed by atoms with Gasteiger partial charge in [-0.1, -0.05) is 6.92 Å². The summed E-state index contributed by atoms with van der Waals surface area (Å²) < 4.78 is 11.5. The molecular weight excluding hydrogens is 248 g/mol. The van der Waals surface area contributed by atoms with E-state index in [1.165, 1.54) is 17.5 Å². The lowest BCUT2D eigenvalue weighted by atomic mass is 10.0. The predicted octanol–water partition coefficient (Wildman–Crippen LogP) is 4.10. The van der Waals surface area contributed by atoms with E-state index in [9.17, 15) is 0 Å². The second-order valence-electron chi connectivity index (χ2n) is 5.40. The van der Waals surface area contributed by atoms with Crippen LogP contribution < -0.4 is 9.47 Å². The van der Waals surface area contributed by atoms with E-state index in [0.29, 0.717) is 5.92 Å². The molecule has 2 atom stereocenters. The Morgan fingerprint density at radius 3 is 2.67 bits per heavy atom. The fourth-order valence-corrected chi connectivity index (χ4v) is 3.28. The highest BCUT2D eigenvalue weighted by molar-refractivity contribution is 6.21. The summed E-state index contributed by atoms with van der Waals surface area (Å²) in [6.45, 7) is 3.75. The molecule has 3 rings (SSSR count). The van der Waals surface area contributed by atoms with Gasteiger partial charge in [0.15, 0.2) is 11.5 Å². The van der Waals surface area contributed by atoms with E-state index in [1.807, 2.05) is 0 Å². The summed E-state index contributed by atoms with van der Waals surface area (Å²) in [4.78, 5) is 0. The van der Waals surface area contributed by atoms with E-state index in [0.717, 1.165) is 44.0 Å². The van der Waals surface area contributed by atoms with Gasteiger partial charge in [-0.05, 0) is 48.4 Å². The first-order valence-electron chi connectivity index (χ1n) is 6.80. The highest BCUT2D eigenvalue weighted by Gasteiger charge is 2.24. The second kappa shape index (κ2) is 5.00. The number of ether oxygens (including phenoxy) is 2. The lowest BCUT2D eigenvalue weighted by molar-refractivity contribution is 0.297. The topological polar surface area (TPSA) is 18.5 Å². The molecular formula is C15H19ClO2. The molecule has 2 nitrogen and oxygen atoms in total. The zero-order valence-corrected chi connectivity index (χ0v) is 11.5. The van der Waals surface area contributed by atoms with Gasteiger partial charge in [-0.2, -0.15) is 0 Å². The molecule has 0 N–H and O–H groups in total. The maximum Gasteiger partial charge on any atom is 0.161 e. The van der Waals surface area contributed by atoms with Crippen LogP contribution >= 0.6 is 11.6 Å². The third kappa shape index (κ3) is 2.31. The van der Waals surface area contributed by atoms with Crippen molar-refractivity contribution in [2.45, 2.75) is 38.0 Å². The fraction of sp³-hybridized carbons (Fsp3) is 0.600. The number of hydrogen-bond donors (Lipinski definition) is 0. The molecule has 0 radical (unpaired) electrons. The Morgan fingerprint density at radius 1 is 1.17 bits per heavy atom. The minimum atomic E-state index is 0.106. The monoisotopic (exact) mass is 266 g/mol. The number of rotatable bonds is 0. The van der Waals surface area contributed by atoms with Gasteiger partial charge in [0.25, 0.3) is 0 Å². The molecule has 2 unspecified atom stereocenters. The Kier molecular flexibility index (Phi) is 3.38. The Labute approximate surface area is 113 Å². The lowest BCUT2D eigenvalue weighted by Crippen LogP contribution is -1.99. The summed E-state index contributed by atoms with van der Waals surface area (Å²) in [5.41, 5.74) is 2.58. The maximum atomic E-state index is 6.53. The van der Waals surface area contributed by atoms with Crippen molar-refractivity contribution in [2.24, 2.45) is 5.92 Å². The Bertz CT molecular complexity index is 444. The summed E-state index contributed by atoms with van der Waals surface area (Å²) >= 11 is 6.53. The fourth-order valence-electron chi connectivity index (χ4n) is 2.77. The first-order valence-corrected chi connectivity index (χ1v) is 7.24. The van der Waals surface area contributed by atoms with Crippen molar-refractivity contribution in [3.8, 4) is 11.5 Å². The van der Waals surface area contributed by atoms with Crippen LogP contribution in [0.4, 0.5) is 0 Å². The molecule has 1 heterocycles. The van der Waals surface area contributed by atoms with Crippen LogP contribution in [0.1, 0.15) is 42.7 Å². The molecule has 1 aliphatic heterocycles. The van der Waals surface area contributed by atoms with Crippen LogP contribution in [0.25, 0.3) is 0 Å². The largest absolute Gasteiger partial charge is 0.490 e. The highest BCUT2D eigenvalue weighted by Crippen LogP contribution is 2.42. The third-order valence-corrected chi connectivity index (χ3v) is 4.28. The van der Waals surface area contributed by atoms with Crippen molar-refractivity contribution in [2.75, 3.05) is 13.2 Å². The Balaban J connectivity index is 2.01. The molecule has 98 valence electrons. The average molecular weight is 267 g/mol. The molecule has 3 heteroatoms. The molecule has 0 spiro atoms. The molecule has 0 saturated heterocycles. The molecule has 1 aromatic carbocycles. The number of benzene rings is 1. The number of halogens is 1. The van der Waals surface area contributed by atoms with Crippen LogP contribution in [0.3, 0.4) is 0 Å². The van der Waals surface area contributed by atoms with Crippen LogP contribution in [-0.2, 0) is 6.42 Å². The standard InChI is InChI=1S/C15H19ClO2/c1-10-3-4-11-8-14-15(18-6-2-5-17-14)9-12(11)13(16)7-10/h8-10,13H,2-7H2,1H3. The molecule has 0 amide bonds. The van der Waals surface area contributed by atoms with Crippen molar-refractivity contribution in [1.29, 1.82) is 0 Å². The number of hydrogen-bond acceptors (Lipinski definition) is 2. The van der Waals surface area contributed by atoms with E-state index in [1.54, 1.807) is 0 Å². The van der Waals surface area contributed by atoms with Crippen molar-refractivity contribution in [1.82, 2.24) is 0 Å². The highest BCUT2D eigenvalue weighted by atomic mass is 35.5. The molecule has 1 aliphatic carbocycles. The maximum absolute atomic E-state index is 6.53. The van der Waals surface area contributed by atoms with Gasteiger partial charge in [0.05, 0.1) is 18.6 Å². The molecule has 18 heavy (non-hydrogen) atoms. The second-order valence-corrected chi connectivity index (χ2v) is 5.92. The van der Waals surface area contributed by atoms with Gasteiger partial charge in [-0.25, -0.2) is 0 Å². The number of alkyl halides is 1. The van der Waals surface area contributed by atoms with Gasteiger partial charge in [-0.15, -0.1) is 11.6 Å². The number of fused-ring (bicyclic) bond motifs is 2. The summed E-state index contributed by atoms with van der Waals surface area (Å²) in [6, 6.07) is 4.25. The Morgan fingerprint density at radius 2 is 1.89 bits per heavy atom. The van der Waals surface area contributed by atoms with Crippen molar-refractivity contribution >= 4 is 11.6 Å². The van der Waals surface area contributed by atoms with Crippen LogP contribution in [0.5, 0.6) is 11.5 Å². The third-order valence-electron chi connectivity index (χ3n) is 3.86. The molecule has 0 aromatic heterocycles. The van der Waals surface area contributed by atoms with Crippen molar-refractivity contribution in [3.63, 3.8) is 0 Å². The SMILES string of the molecule is CC1CCc2cc3c(cc2C(Cl)C1)OCCCO3. The quantitative estimate of drug-likeness (QED) is 0.520. The first kappa shape index (κ1) is 12.2. The van der Waals surface area contributed by atoms with Gasteiger partial charge < -0.3 is 9.47 Å². The smallest absolute Gasteiger partial charge is 0.161 e. The van der Waals surface area contributed by atoms with Crippen LogP contribution in [0.2, 0.25) is 0 Å². The summed E-state index contributed by atoms with van der Waals surface area (Å²) in [5, 5.41) is 0.106. The molecule has 0 fully saturated rings. The molecule has 2 aliphatic rings. The lowest BCUT2D eigenvalue weighted by Gasteiger charge is -2.15. The zero-order valence-electron chi connectivity index (χ0n) is 10.7. The van der Waals surface area contributed by atoms with Crippen LogP contribution in [0, 0.1) is 5.92 Å². The van der Waals surface area contributed by atoms with Gasteiger partial charge in [-0.3, -0.25) is 0 Å².